The summed E-state index contributed by atoms with van der Waals surface area (Å²) in [6.45, 7) is 2.42. The molecule has 2 atom stereocenters. The zero-order chi connectivity index (χ0) is 11.4. The molecule has 0 aromatic rings. The average molecular weight is 215 g/mol. The minimum absolute atomic E-state index is 0.463. The van der Waals surface area contributed by atoms with Gasteiger partial charge in [-0.2, -0.15) is 0 Å². The van der Waals surface area contributed by atoms with E-state index < -0.39 is 12.0 Å². The molecule has 1 fully saturated rings. The summed E-state index contributed by atoms with van der Waals surface area (Å²) in [5, 5.41) is 8.75. The predicted octanol–water partition coefficient (Wildman–Crippen LogP) is -0.576. The van der Waals surface area contributed by atoms with Crippen molar-refractivity contribution in [2.45, 2.75) is 24.9 Å². The molecule has 0 bridgehead atoms. The summed E-state index contributed by atoms with van der Waals surface area (Å²) in [6.07, 6.45) is 2.29. The lowest BCUT2D eigenvalue weighted by Crippen LogP contribution is -2.46. The van der Waals surface area contributed by atoms with Gasteiger partial charge >= 0.3 is 5.97 Å². The third kappa shape index (κ3) is 3.77. The highest BCUT2D eigenvalue weighted by Gasteiger charge is 2.27. The highest BCUT2D eigenvalue weighted by Crippen LogP contribution is 2.17. The number of likely N-dealkylation sites (N-methyl/N-ethyl adjacent to an activating group) is 1. The van der Waals surface area contributed by atoms with Crippen molar-refractivity contribution in [2.24, 2.45) is 5.73 Å². The van der Waals surface area contributed by atoms with E-state index in [0.29, 0.717) is 12.6 Å². The van der Waals surface area contributed by atoms with E-state index in [-0.39, 0.29) is 0 Å². The second-order valence-electron chi connectivity index (χ2n) is 4.50. The van der Waals surface area contributed by atoms with Crippen molar-refractivity contribution in [3.63, 3.8) is 0 Å². The molecule has 15 heavy (non-hydrogen) atoms. The van der Waals surface area contributed by atoms with Crippen molar-refractivity contribution in [1.82, 2.24) is 9.80 Å². The van der Waals surface area contributed by atoms with Crippen LogP contribution in [0.15, 0.2) is 0 Å². The van der Waals surface area contributed by atoms with Crippen LogP contribution in [0, 0.1) is 0 Å². The van der Waals surface area contributed by atoms with Gasteiger partial charge in [-0.25, -0.2) is 0 Å². The van der Waals surface area contributed by atoms with Crippen LogP contribution < -0.4 is 5.73 Å². The van der Waals surface area contributed by atoms with Crippen molar-refractivity contribution >= 4 is 5.97 Å². The van der Waals surface area contributed by atoms with Gasteiger partial charge in [0.2, 0.25) is 0 Å². The summed E-state index contributed by atoms with van der Waals surface area (Å²) < 4.78 is 0. The molecule has 88 valence electrons. The van der Waals surface area contributed by atoms with Gasteiger partial charge in [-0.3, -0.25) is 9.69 Å². The Bertz CT molecular complexity index is 221. The van der Waals surface area contributed by atoms with E-state index in [1.807, 2.05) is 14.1 Å². The molecule has 0 amide bonds. The van der Waals surface area contributed by atoms with Gasteiger partial charge < -0.3 is 15.7 Å². The van der Waals surface area contributed by atoms with Gasteiger partial charge in [0.05, 0.1) is 0 Å². The van der Waals surface area contributed by atoms with Crippen molar-refractivity contribution < 1.29 is 9.90 Å². The SMILES string of the molecule is CN(C)CC1CCCN1CC(N)C(=O)O. The minimum atomic E-state index is -0.912. The molecule has 1 aliphatic heterocycles. The number of hydrogen-bond acceptors (Lipinski definition) is 4. The zero-order valence-electron chi connectivity index (χ0n) is 9.52. The van der Waals surface area contributed by atoms with E-state index in [9.17, 15) is 4.79 Å². The summed E-state index contributed by atoms with van der Waals surface area (Å²) in [7, 11) is 4.07. The quantitative estimate of drug-likeness (QED) is 0.642. The Morgan fingerprint density at radius 3 is 2.87 bits per heavy atom. The van der Waals surface area contributed by atoms with E-state index in [1.165, 1.54) is 0 Å². The first-order valence-corrected chi connectivity index (χ1v) is 5.38. The Balaban J connectivity index is 2.42. The van der Waals surface area contributed by atoms with Crippen LogP contribution in [0.25, 0.3) is 0 Å². The van der Waals surface area contributed by atoms with E-state index in [1.54, 1.807) is 0 Å². The largest absolute Gasteiger partial charge is 0.480 e. The Labute approximate surface area is 90.8 Å². The van der Waals surface area contributed by atoms with Gasteiger partial charge in [0.25, 0.3) is 0 Å². The number of carboxylic acids is 1. The summed E-state index contributed by atoms with van der Waals surface area (Å²) in [5.41, 5.74) is 5.53. The zero-order valence-corrected chi connectivity index (χ0v) is 9.52. The molecule has 0 aromatic heterocycles. The molecule has 5 heteroatoms. The Kier molecular flexibility index (Phi) is 4.50. The second-order valence-corrected chi connectivity index (χ2v) is 4.50. The van der Waals surface area contributed by atoms with Crippen molar-refractivity contribution in [3.8, 4) is 0 Å². The number of likely N-dealkylation sites (tertiary alicyclic amines) is 1. The van der Waals surface area contributed by atoms with E-state index in [2.05, 4.69) is 9.80 Å². The average Bonchev–Trinajstić information content (AvgIpc) is 2.51. The van der Waals surface area contributed by atoms with Crippen LogP contribution in [0.1, 0.15) is 12.8 Å². The molecule has 1 rings (SSSR count). The van der Waals surface area contributed by atoms with Gasteiger partial charge in [-0.05, 0) is 33.5 Å². The number of nitrogens with zero attached hydrogens (tertiary/aromatic N) is 2. The summed E-state index contributed by atoms with van der Waals surface area (Å²) >= 11 is 0. The van der Waals surface area contributed by atoms with Crippen LogP contribution in [-0.4, -0.2) is 66.7 Å². The van der Waals surface area contributed by atoms with Gasteiger partial charge in [-0.1, -0.05) is 0 Å². The molecule has 0 saturated carbocycles. The van der Waals surface area contributed by atoms with Crippen LogP contribution >= 0.6 is 0 Å². The molecule has 1 heterocycles. The van der Waals surface area contributed by atoms with Crippen molar-refractivity contribution in [1.29, 1.82) is 0 Å². The fourth-order valence-corrected chi connectivity index (χ4v) is 2.09. The Morgan fingerprint density at radius 2 is 2.33 bits per heavy atom. The van der Waals surface area contributed by atoms with Crippen LogP contribution in [0.3, 0.4) is 0 Å². The normalized spacial score (nSPS) is 24.7. The van der Waals surface area contributed by atoms with Crippen LogP contribution in [0.5, 0.6) is 0 Å². The molecular weight excluding hydrogens is 194 g/mol. The van der Waals surface area contributed by atoms with Crippen LogP contribution in [0.4, 0.5) is 0 Å². The van der Waals surface area contributed by atoms with Gasteiger partial charge in [0.15, 0.2) is 0 Å². The number of nitrogens with two attached hydrogens (primary N) is 1. The summed E-state index contributed by atoms with van der Waals surface area (Å²) in [5.74, 6) is -0.912. The Morgan fingerprint density at radius 1 is 1.67 bits per heavy atom. The highest BCUT2D eigenvalue weighted by molar-refractivity contribution is 5.73. The number of hydrogen-bond donors (Lipinski definition) is 2. The number of aliphatic carboxylic acids is 1. The molecule has 1 aliphatic rings. The second kappa shape index (κ2) is 5.44. The third-order valence-electron chi connectivity index (χ3n) is 2.82. The maximum atomic E-state index is 10.7. The third-order valence-corrected chi connectivity index (χ3v) is 2.82. The van der Waals surface area contributed by atoms with Gasteiger partial charge in [0.1, 0.15) is 6.04 Å². The predicted molar refractivity (Wildman–Crippen MR) is 58.8 cm³/mol. The lowest BCUT2D eigenvalue weighted by molar-refractivity contribution is -0.139. The summed E-state index contributed by atoms with van der Waals surface area (Å²) in [4.78, 5) is 15.0. The van der Waals surface area contributed by atoms with E-state index in [4.69, 9.17) is 10.8 Å². The lowest BCUT2D eigenvalue weighted by atomic mass is 10.2. The van der Waals surface area contributed by atoms with Crippen LogP contribution in [-0.2, 0) is 4.79 Å². The lowest BCUT2D eigenvalue weighted by Gasteiger charge is -2.28. The fraction of sp³-hybridized carbons (Fsp3) is 0.900. The topological polar surface area (TPSA) is 69.8 Å². The minimum Gasteiger partial charge on any atom is -0.480 e. The first kappa shape index (κ1) is 12.4. The first-order chi connectivity index (χ1) is 7.00. The van der Waals surface area contributed by atoms with Gasteiger partial charge in [0, 0.05) is 19.1 Å². The number of carbonyl (C=O) groups is 1. The van der Waals surface area contributed by atoms with Crippen LogP contribution in [0.2, 0.25) is 0 Å². The molecule has 5 nitrogen and oxygen atoms in total. The molecule has 0 spiro atoms. The molecule has 2 unspecified atom stereocenters. The molecule has 0 aromatic carbocycles. The monoisotopic (exact) mass is 215 g/mol. The first-order valence-electron chi connectivity index (χ1n) is 5.38. The molecular formula is C10H21N3O2. The van der Waals surface area contributed by atoms with E-state index in [0.717, 1.165) is 25.9 Å². The smallest absolute Gasteiger partial charge is 0.321 e. The maximum Gasteiger partial charge on any atom is 0.321 e. The standard InChI is InChI=1S/C10H21N3O2/c1-12(2)6-8-4-3-5-13(8)7-9(11)10(14)15/h8-9H,3-7,11H2,1-2H3,(H,14,15). The maximum absolute atomic E-state index is 10.7. The molecule has 0 radical (unpaired) electrons. The molecule has 3 N–H and O–H groups in total. The molecule has 0 aliphatic carbocycles. The fourth-order valence-electron chi connectivity index (χ4n) is 2.09. The highest BCUT2D eigenvalue weighted by atomic mass is 16.4. The Hall–Kier alpha value is -0.650. The number of carboxylic acid groups (broad SMARTS) is 1. The number of rotatable bonds is 5. The molecule has 1 saturated heterocycles. The van der Waals surface area contributed by atoms with E-state index >= 15 is 0 Å². The van der Waals surface area contributed by atoms with Crippen molar-refractivity contribution in [2.75, 3.05) is 33.7 Å². The van der Waals surface area contributed by atoms with Gasteiger partial charge in [-0.15, -0.1) is 0 Å². The van der Waals surface area contributed by atoms with Crippen molar-refractivity contribution in [3.05, 3.63) is 0 Å². The summed E-state index contributed by atoms with van der Waals surface area (Å²) in [6, 6.07) is -0.293.